The molecule has 1 aliphatic rings. The topological polar surface area (TPSA) is 41.9 Å². The van der Waals surface area contributed by atoms with E-state index in [-0.39, 0.29) is 5.91 Å². The first-order valence-corrected chi connectivity index (χ1v) is 8.05. The molecule has 20 heavy (non-hydrogen) atoms. The van der Waals surface area contributed by atoms with Crippen molar-refractivity contribution in [1.29, 1.82) is 0 Å². The molecule has 0 bridgehead atoms. The first-order valence-electron chi connectivity index (χ1n) is 5.65. The van der Waals surface area contributed by atoms with Gasteiger partial charge in [-0.1, -0.05) is 0 Å². The molecule has 1 aliphatic heterocycles. The molecule has 0 unspecified atom stereocenters. The first-order chi connectivity index (χ1) is 9.47. The Hall–Kier alpha value is -0.790. The van der Waals surface area contributed by atoms with Crippen molar-refractivity contribution < 1.29 is 9.53 Å². The molecule has 1 heterocycles. The van der Waals surface area contributed by atoms with Crippen LogP contribution < -0.4 is 4.74 Å². The van der Waals surface area contributed by atoms with E-state index >= 15 is 0 Å². The van der Waals surface area contributed by atoms with E-state index in [1.54, 1.807) is 26.1 Å². The molecule has 7 heteroatoms. The van der Waals surface area contributed by atoms with Crippen LogP contribution in [0.3, 0.4) is 0 Å². The summed E-state index contributed by atoms with van der Waals surface area (Å²) in [6, 6.07) is 3.82. The summed E-state index contributed by atoms with van der Waals surface area (Å²) < 4.78 is 6.92. The molecule has 4 nitrogen and oxygen atoms in total. The minimum Gasteiger partial charge on any atom is -0.494 e. The van der Waals surface area contributed by atoms with Crippen molar-refractivity contribution in [3.8, 4) is 5.75 Å². The van der Waals surface area contributed by atoms with E-state index in [4.69, 9.17) is 4.74 Å². The number of amidine groups is 1. The van der Waals surface area contributed by atoms with Crippen LogP contribution in [-0.4, -0.2) is 37.2 Å². The summed E-state index contributed by atoms with van der Waals surface area (Å²) in [6.45, 7) is 0. The fourth-order valence-electron chi connectivity index (χ4n) is 1.76. The first kappa shape index (κ1) is 15.6. The van der Waals surface area contributed by atoms with Gasteiger partial charge in [0.25, 0.3) is 5.91 Å². The van der Waals surface area contributed by atoms with Crippen LogP contribution in [0.2, 0.25) is 0 Å². The molecule has 0 aliphatic carbocycles. The summed E-state index contributed by atoms with van der Waals surface area (Å²) in [5.74, 6) is 0.684. The van der Waals surface area contributed by atoms with E-state index in [9.17, 15) is 4.79 Å². The van der Waals surface area contributed by atoms with Crippen LogP contribution in [0.15, 0.2) is 31.0 Å². The second-order valence-electron chi connectivity index (χ2n) is 4.00. The number of rotatable bonds is 2. The van der Waals surface area contributed by atoms with Gasteiger partial charge < -0.3 is 4.74 Å². The summed E-state index contributed by atoms with van der Waals surface area (Å²) >= 11 is 8.27. The van der Waals surface area contributed by atoms with Crippen molar-refractivity contribution in [1.82, 2.24) is 4.90 Å². The number of likely N-dealkylation sites (N-methyl/N-ethyl adjacent to an activating group) is 1. The molecule has 2 rings (SSSR count). The Balaban J connectivity index is 2.40. The predicted octanol–water partition coefficient (Wildman–Crippen LogP) is 3.75. The highest BCUT2D eigenvalue weighted by Crippen LogP contribution is 2.37. The molecule has 0 N–H and O–H groups in total. The van der Waals surface area contributed by atoms with Crippen LogP contribution in [0, 0.1) is 0 Å². The Morgan fingerprint density at radius 2 is 1.95 bits per heavy atom. The molecule has 0 spiro atoms. The number of aliphatic imine (C=N–C) groups is 1. The average Bonchev–Trinajstić information content (AvgIpc) is 2.66. The van der Waals surface area contributed by atoms with Gasteiger partial charge in [-0.05, 0) is 67.4 Å². The number of nitrogens with zero attached hydrogens (tertiary/aromatic N) is 2. The van der Waals surface area contributed by atoms with Crippen LogP contribution in [0.1, 0.15) is 5.56 Å². The second-order valence-corrected chi connectivity index (χ2v) is 6.72. The van der Waals surface area contributed by atoms with E-state index in [1.807, 2.05) is 18.2 Å². The minimum atomic E-state index is -0.0429. The van der Waals surface area contributed by atoms with Crippen LogP contribution in [0.25, 0.3) is 6.08 Å². The molecule has 1 saturated heterocycles. The average molecular weight is 420 g/mol. The lowest BCUT2D eigenvalue weighted by molar-refractivity contribution is -0.121. The number of hydrogen-bond donors (Lipinski definition) is 0. The number of methoxy groups -OCH3 is 1. The molecule has 1 amide bonds. The van der Waals surface area contributed by atoms with Crippen molar-refractivity contribution in [3.63, 3.8) is 0 Å². The SMILES string of the molecule is CN=C1S/C(=C\c2cc(Br)c(OC)c(Br)c2)C(=O)N1C. The van der Waals surface area contributed by atoms with Gasteiger partial charge in [0.2, 0.25) is 0 Å². The van der Waals surface area contributed by atoms with Crippen molar-refractivity contribution in [3.05, 3.63) is 31.5 Å². The Labute approximate surface area is 138 Å². The zero-order valence-corrected chi connectivity index (χ0v) is 15.1. The molecule has 106 valence electrons. The number of halogens is 2. The summed E-state index contributed by atoms with van der Waals surface area (Å²) in [5.41, 5.74) is 0.908. The number of amides is 1. The standard InChI is InChI=1S/C13H12Br2N2O2S/c1-16-13-17(2)12(18)10(20-13)6-7-4-8(14)11(19-3)9(15)5-7/h4-6H,1-3H3/b10-6-,16-13?. The zero-order valence-electron chi connectivity index (χ0n) is 11.1. The van der Waals surface area contributed by atoms with E-state index in [0.717, 1.165) is 20.3 Å². The maximum Gasteiger partial charge on any atom is 0.266 e. The van der Waals surface area contributed by atoms with E-state index in [1.165, 1.54) is 11.8 Å². The summed E-state index contributed by atoms with van der Waals surface area (Å²) in [6.07, 6.45) is 1.84. The Bertz CT molecular complexity index is 606. The number of hydrogen-bond acceptors (Lipinski definition) is 4. The largest absolute Gasteiger partial charge is 0.494 e. The number of carbonyl (C=O) groups is 1. The van der Waals surface area contributed by atoms with Crippen molar-refractivity contribution in [2.75, 3.05) is 21.2 Å². The zero-order chi connectivity index (χ0) is 14.9. The van der Waals surface area contributed by atoms with Crippen LogP contribution in [0.5, 0.6) is 5.75 Å². The summed E-state index contributed by atoms with van der Waals surface area (Å²) in [7, 11) is 5.01. The number of carbonyl (C=O) groups excluding carboxylic acids is 1. The van der Waals surface area contributed by atoms with Gasteiger partial charge in [0.05, 0.1) is 21.0 Å². The fourth-order valence-corrected chi connectivity index (χ4v) is 4.23. The van der Waals surface area contributed by atoms with Crippen LogP contribution in [0.4, 0.5) is 0 Å². The molecule has 1 fully saturated rings. The summed E-state index contributed by atoms with van der Waals surface area (Å²) in [4.78, 5) is 18.4. The monoisotopic (exact) mass is 418 g/mol. The van der Waals surface area contributed by atoms with Gasteiger partial charge in [-0.15, -0.1) is 0 Å². The highest BCUT2D eigenvalue weighted by Gasteiger charge is 2.29. The van der Waals surface area contributed by atoms with Crippen molar-refractivity contribution in [2.45, 2.75) is 0 Å². The van der Waals surface area contributed by atoms with Gasteiger partial charge in [0.1, 0.15) is 5.75 Å². The quantitative estimate of drug-likeness (QED) is 0.685. The van der Waals surface area contributed by atoms with E-state index in [0.29, 0.717) is 10.1 Å². The second kappa shape index (κ2) is 6.32. The molecular weight excluding hydrogens is 408 g/mol. The lowest BCUT2D eigenvalue weighted by Crippen LogP contribution is -2.23. The number of benzene rings is 1. The maximum absolute atomic E-state index is 12.1. The van der Waals surface area contributed by atoms with Gasteiger partial charge in [-0.2, -0.15) is 0 Å². The molecule has 1 aromatic rings. The third-order valence-electron chi connectivity index (χ3n) is 2.72. The fraction of sp³-hybridized carbons (Fsp3) is 0.231. The lowest BCUT2D eigenvalue weighted by Gasteiger charge is -2.07. The van der Waals surface area contributed by atoms with Gasteiger partial charge >= 0.3 is 0 Å². The maximum atomic E-state index is 12.1. The normalized spacial score (nSPS) is 19.2. The van der Waals surface area contributed by atoms with Gasteiger partial charge in [0, 0.05) is 14.1 Å². The third kappa shape index (κ3) is 2.94. The molecule has 1 aromatic carbocycles. The molecule has 0 aromatic heterocycles. The van der Waals surface area contributed by atoms with E-state index < -0.39 is 0 Å². The van der Waals surface area contributed by atoms with Gasteiger partial charge in [-0.25, -0.2) is 0 Å². The van der Waals surface area contributed by atoms with Crippen molar-refractivity contribution >= 4 is 60.8 Å². The highest BCUT2D eigenvalue weighted by atomic mass is 79.9. The molecule has 0 atom stereocenters. The highest BCUT2D eigenvalue weighted by molar-refractivity contribution is 9.11. The van der Waals surface area contributed by atoms with E-state index in [2.05, 4.69) is 36.9 Å². The van der Waals surface area contributed by atoms with Crippen LogP contribution >= 0.6 is 43.6 Å². The lowest BCUT2D eigenvalue weighted by atomic mass is 10.2. The molecule has 0 radical (unpaired) electrons. The van der Waals surface area contributed by atoms with Gasteiger partial charge in [0.15, 0.2) is 5.17 Å². The van der Waals surface area contributed by atoms with Crippen molar-refractivity contribution in [2.24, 2.45) is 4.99 Å². The predicted molar refractivity (Wildman–Crippen MR) is 90.1 cm³/mol. The number of ether oxygens (including phenoxy) is 1. The Morgan fingerprint density at radius 3 is 2.40 bits per heavy atom. The molecular formula is C13H12Br2N2O2S. The Kier molecular flexibility index (Phi) is 4.93. The third-order valence-corrected chi connectivity index (χ3v) is 5.05. The summed E-state index contributed by atoms with van der Waals surface area (Å²) in [5, 5.41) is 0.702. The number of thioether (sulfide) groups is 1. The minimum absolute atomic E-state index is 0.0429. The van der Waals surface area contributed by atoms with Crippen LogP contribution in [-0.2, 0) is 4.79 Å². The smallest absolute Gasteiger partial charge is 0.266 e. The van der Waals surface area contributed by atoms with Gasteiger partial charge in [-0.3, -0.25) is 14.7 Å². The Morgan fingerprint density at radius 1 is 1.35 bits per heavy atom. The molecule has 0 saturated carbocycles.